The van der Waals surface area contributed by atoms with Crippen LogP contribution in [-0.4, -0.2) is 31.6 Å². The van der Waals surface area contributed by atoms with Crippen molar-refractivity contribution in [2.75, 3.05) is 29.6 Å². The van der Waals surface area contributed by atoms with Crippen LogP contribution in [-0.2, 0) is 16.8 Å². The Morgan fingerprint density at radius 3 is 2.53 bits per heavy atom. The first-order valence-corrected chi connectivity index (χ1v) is 11.4. The fourth-order valence-corrected chi connectivity index (χ4v) is 5.52. The Kier molecular flexibility index (Phi) is 3.69. The molecule has 3 aliphatic rings. The molecule has 5 heteroatoms. The van der Waals surface area contributed by atoms with Crippen LogP contribution >= 0.6 is 11.8 Å². The first kappa shape index (κ1) is 17.8. The van der Waals surface area contributed by atoms with Crippen LogP contribution in [0.1, 0.15) is 22.3 Å². The van der Waals surface area contributed by atoms with Crippen LogP contribution in [0, 0.1) is 0 Å². The molecule has 6 rings (SSSR count). The van der Waals surface area contributed by atoms with Gasteiger partial charge in [0, 0.05) is 40.9 Å². The maximum Gasteiger partial charge on any atom is 0.264 e. The zero-order chi connectivity index (χ0) is 20.5. The maximum atomic E-state index is 13.8. The number of amides is 1. The lowest BCUT2D eigenvalue weighted by Crippen LogP contribution is -2.46. The predicted molar refractivity (Wildman–Crippen MR) is 123 cm³/mol. The molecule has 148 valence electrons. The number of carbonyl (C=O) groups excluding carboxylic acids is 1. The van der Waals surface area contributed by atoms with E-state index in [2.05, 4.69) is 59.7 Å². The number of thioether (sulfide) groups is 1. The second-order valence-electron chi connectivity index (χ2n) is 7.97. The minimum Gasteiger partial charge on any atom is -0.325 e. The lowest BCUT2D eigenvalue weighted by Gasteiger charge is -2.37. The minimum absolute atomic E-state index is 0.0156. The van der Waals surface area contributed by atoms with Crippen LogP contribution in [0.5, 0.6) is 0 Å². The SMILES string of the molecule is CSc1ccc(C2=NC3(C(=O)N(C)c4ccccc43)c3cccc4c3N2CC4)cc1. The number of para-hydroxylation sites is 2. The lowest BCUT2D eigenvalue weighted by atomic mass is 9.81. The van der Waals surface area contributed by atoms with E-state index in [1.54, 1.807) is 16.7 Å². The van der Waals surface area contributed by atoms with Gasteiger partial charge in [0.25, 0.3) is 5.91 Å². The van der Waals surface area contributed by atoms with Crippen molar-refractivity contribution < 1.29 is 4.79 Å². The Morgan fingerprint density at radius 2 is 1.73 bits per heavy atom. The summed E-state index contributed by atoms with van der Waals surface area (Å²) in [7, 11) is 1.86. The highest BCUT2D eigenvalue weighted by Gasteiger charge is 2.56. The van der Waals surface area contributed by atoms with Gasteiger partial charge >= 0.3 is 0 Å². The van der Waals surface area contributed by atoms with Gasteiger partial charge in [-0.2, -0.15) is 0 Å². The van der Waals surface area contributed by atoms with Crippen molar-refractivity contribution in [3.05, 3.63) is 89.0 Å². The first-order chi connectivity index (χ1) is 14.6. The molecule has 30 heavy (non-hydrogen) atoms. The van der Waals surface area contributed by atoms with Crippen LogP contribution in [0.15, 0.2) is 76.6 Å². The molecule has 3 aromatic carbocycles. The fourth-order valence-electron chi connectivity index (χ4n) is 5.11. The van der Waals surface area contributed by atoms with Gasteiger partial charge in [-0.05, 0) is 36.4 Å². The van der Waals surface area contributed by atoms with E-state index in [0.717, 1.165) is 46.9 Å². The molecule has 3 aromatic rings. The van der Waals surface area contributed by atoms with Gasteiger partial charge in [-0.15, -0.1) is 11.8 Å². The monoisotopic (exact) mass is 411 g/mol. The summed E-state index contributed by atoms with van der Waals surface area (Å²) in [5.41, 5.74) is 5.39. The second kappa shape index (κ2) is 6.22. The van der Waals surface area contributed by atoms with Crippen LogP contribution < -0.4 is 9.80 Å². The summed E-state index contributed by atoms with van der Waals surface area (Å²) < 4.78 is 0. The molecule has 0 saturated carbocycles. The summed E-state index contributed by atoms with van der Waals surface area (Å²) in [6.45, 7) is 0.886. The van der Waals surface area contributed by atoms with Crippen molar-refractivity contribution in [2.45, 2.75) is 16.9 Å². The number of nitrogens with zero attached hydrogens (tertiary/aromatic N) is 3. The molecular formula is C25H21N3OS. The molecule has 3 aliphatic heterocycles. The standard InChI is InChI=1S/C25H21N3OS/c1-27-21-9-4-3-7-19(21)25(24(27)29)20-8-5-6-16-14-15-28(22(16)20)23(26-25)17-10-12-18(30-2)13-11-17/h3-13H,14-15H2,1-2H3. The topological polar surface area (TPSA) is 35.9 Å². The van der Waals surface area contributed by atoms with Gasteiger partial charge in [-0.3, -0.25) is 4.79 Å². The molecule has 0 aromatic heterocycles. The zero-order valence-electron chi connectivity index (χ0n) is 16.9. The van der Waals surface area contributed by atoms with Gasteiger partial charge in [0.05, 0.1) is 5.69 Å². The largest absolute Gasteiger partial charge is 0.325 e. The second-order valence-corrected chi connectivity index (χ2v) is 8.85. The molecular weight excluding hydrogens is 390 g/mol. The fraction of sp³-hybridized carbons (Fsp3) is 0.200. The van der Waals surface area contributed by atoms with Crippen molar-refractivity contribution in [1.29, 1.82) is 0 Å². The van der Waals surface area contributed by atoms with E-state index in [9.17, 15) is 4.79 Å². The highest BCUT2D eigenvalue weighted by Crippen LogP contribution is 2.53. The smallest absolute Gasteiger partial charge is 0.264 e. The average Bonchev–Trinajstić information content (AvgIpc) is 3.32. The Labute approximate surface area is 180 Å². The third-order valence-electron chi connectivity index (χ3n) is 6.53. The normalized spacial score (nSPS) is 21.1. The summed E-state index contributed by atoms with van der Waals surface area (Å²) >= 11 is 1.73. The highest BCUT2D eigenvalue weighted by atomic mass is 32.2. The molecule has 0 fully saturated rings. The summed E-state index contributed by atoms with van der Waals surface area (Å²) in [6.07, 6.45) is 3.04. The first-order valence-electron chi connectivity index (χ1n) is 10.2. The van der Waals surface area contributed by atoms with E-state index in [-0.39, 0.29) is 5.91 Å². The Bertz CT molecular complexity index is 1230. The van der Waals surface area contributed by atoms with Gasteiger partial charge in [-0.25, -0.2) is 4.99 Å². The highest BCUT2D eigenvalue weighted by molar-refractivity contribution is 7.98. The average molecular weight is 412 g/mol. The molecule has 1 unspecified atom stereocenters. The van der Waals surface area contributed by atoms with Crippen molar-refractivity contribution in [1.82, 2.24) is 0 Å². The summed E-state index contributed by atoms with van der Waals surface area (Å²) in [4.78, 5) is 24.4. The van der Waals surface area contributed by atoms with E-state index in [1.165, 1.54) is 10.5 Å². The van der Waals surface area contributed by atoms with E-state index < -0.39 is 5.54 Å². The molecule has 1 spiro atoms. The summed E-state index contributed by atoms with van der Waals surface area (Å²) in [5.74, 6) is 0.903. The molecule has 0 N–H and O–H groups in total. The number of carbonyl (C=O) groups is 1. The number of benzene rings is 3. The summed E-state index contributed by atoms with van der Waals surface area (Å²) in [5, 5.41) is 0. The van der Waals surface area contributed by atoms with E-state index in [0.29, 0.717) is 0 Å². The van der Waals surface area contributed by atoms with Crippen molar-refractivity contribution in [3.8, 4) is 0 Å². The van der Waals surface area contributed by atoms with E-state index in [1.807, 2.05) is 25.2 Å². The van der Waals surface area contributed by atoms with Gasteiger partial charge in [-0.1, -0.05) is 48.5 Å². The van der Waals surface area contributed by atoms with Crippen LogP contribution in [0.2, 0.25) is 0 Å². The predicted octanol–water partition coefficient (Wildman–Crippen LogP) is 4.45. The quantitative estimate of drug-likeness (QED) is 0.585. The molecule has 0 radical (unpaired) electrons. The van der Waals surface area contributed by atoms with Crippen molar-refractivity contribution >= 4 is 34.9 Å². The van der Waals surface area contributed by atoms with Crippen LogP contribution in [0.25, 0.3) is 0 Å². The van der Waals surface area contributed by atoms with Crippen molar-refractivity contribution in [2.24, 2.45) is 4.99 Å². The third kappa shape index (κ3) is 2.13. The molecule has 4 nitrogen and oxygen atoms in total. The number of anilines is 2. The number of amidine groups is 1. The number of likely N-dealkylation sites (N-methyl/N-ethyl adjacent to an activating group) is 1. The van der Waals surface area contributed by atoms with E-state index >= 15 is 0 Å². The Hall–Kier alpha value is -3.05. The molecule has 0 aliphatic carbocycles. The van der Waals surface area contributed by atoms with E-state index in [4.69, 9.17) is 4.99 Å². The van der Waals surface area contributed by atoms with Gasteiger partial charge in [0.2, 0.25) is 0 Å². The van der Waals surface area contributed by atoms with Crippen LogP contribution in [0.4, 0.5) is 11.4 Å². The number of hydrogen-bond donors (Lipinski definition) is 0. The van der Waals surface area contributed by atoms with Crippen molar-refractivity contribution in [3.63, 3.8) is 0 Å². The van der Waals surface area contributed by atoms with Gasteiger partial charge in [0.15, 0.2) is 5.54 Å². The molecule has 0 saturated heterocycles. The minimum atomic E-state index is -1.02. The molecule has 0 bridgehead atoms. The van der Waals surface area contributed by atoms with Gasteiger partial charge in [0.1, 0.15) is 5.84 Å². The third-order valence-corrected chi connectivity index (χ3v) is 7.27. The number of rotatable bonds is 2. The molecule has 1 atom stereocenters. The molecule has 3 heterocycles. The Morgan fingerprint density at radius 1 is 0.967 bits per heavy atom. The summed E-state index contributed by atoms with van der Waals surface area (Å²) in [6, 6.07) is 22.9. The molecule has 1 amide bonds. The van der Waals surface area contributed by atoms with Gasteiger partial charge < -0.3 is 9.80 Å². The number of fused-ring (bicyclic) bond motifs is 3. The zero-order valence-corrected chi connectivity index (χ0v) is 17.7. The Balaban J connectivity index is 1.67. The maximum absolute atomic E-state index is 13.8. The van der Waals surface area contributed by atoms with Crippen LogP contribution in [0.3, 0.4) is 0 Å². The number of hydrogen-bond acceptors (Lipinski definition) is 4. The number of aliphatic imine (C=N–C) groups is 1. The lowest BCUT2D eigenvalue weighted by molar-refractivity contribution is -0.121.